The molecule has 0 spiro atoms. The summed E-state index contributed by atoms with van der Waals surface area (Å²) in [4.78, 5) is 0. The lowest BCUT2D eigenvalue weighted by Crippen LogP contribution is -2.34. The minimum atomic E-state index is 0.334. The third-order valence-electron chi connectivity index (χ3n) is 2.10. The molecular formula is C8H15IO2. The van der Waals surface area contributed by atoms with Gasteiger partial charge in [-0.2, -0.15) is 0 Å². The van der Waals surface area contributed by atoms with E-state index in [2.05, 4.69) is 29.5 Å². The number of methoxy groups -OCH3 is 1. The Morgan fingerprint density at radius 3 is 2.91 bits per heavy atom. The van der Waals surface area contributed by atoms with Crippen LogP contribution in [0.25, 0.3) is 0 Å². The molecule has 1 rings (SSSR count). The number of ether oxygens (including phenoxy) is 2. The fourth-order valence-electron chi connectivity index (χ4n) is 1.32. The summed E-state index contributed by atoms with van der Waals surface area (Å²) >= 11 is 2.46. The largest absolute Gasteiger partial charge is 0.382 e. The zero-order valence-corrected chi connectivity index (χ0v) is 9.21. The van der Waals surface area contributed by atoms with Gasteiger partial charge in [-0.05, 0) is 12.3 Å². The quantitative estimate of drug-likeness (QED) is 0.563. The van der Waals surface area contributed by atoms with Gasteiger partial charge < -0.3 is 9.47 Å². The Bertz CT molecular complexity index is 119. The van der Waals surface area contributed by atoms with Crippen LogP contribution in [0.1, 0.15) is 13.3 Å². The molecule has 1 aliphatic heterocycles. The molecule has 11 heavy (non-hydrogen) atoms. The van der Waals surface area contributed by atoms with E-state index in [-0.39, 0.29) is 0 Å². The first-order valence-electron chi connectivity index (χ1n) is 3.98. The van der Waals surface area contributed by atoms with Crippen molar-refractivity contribution in [1.29, 1.82) is 0 Å². The number of halogens is 1. The average molecular weight is 270 g/mol. The van der Waals surface area contributed by atoms with Crippen molar-refractivity contribution in [3.05, 3.63) is 0 Å². The van der Waals surface area contributed by atoms with Gasteiger partial charge >= 0.3 is 0 Å². The van der Waals surface area contributed by atoms with Crippen molar-refractivity contribution >= 4 is 22.6 Å². The Labute approximate surface area is 81.8 Å². The molecule has 2 unspecified atom stereocenters. The van der Waals surface area contributed by atoms with Gasteiger partial charge in [0, 0.05) is 11.0 Å². The van der Waals surface area contributed by atoms with Gasteiger partial charge in [-0.1, -0.05) is 29.5 Å². The van der Waals surface area contributed by atoms with E-state index in [1.54, 1.807) is 7.11 Å². The van der Waals surface area contributed by atoms with E-state index in [4.69, 9.17) is 9.47 Å². The zero-order chi connectivity index (χ0) is 8.27. The predicted molar refractivity (Wildman–Crippen MR) is 53.2 cm³/mol. The molecule has 1 heterocycles. The van der Waals surface area contributed by atoms with Gasteiger partial charge in [-0.3, -0.25) is 0 Å². The maximum Gasteiger partial charge on any atom is 0.0811 e. The van der Waals surface area contributed by atoms with E-state index >= 15 is 0 Å². The van der Waals surface area contributed by atoms with Crippen LogP contribution in [0.2, 0.25) is 0 Å². The summed E-state index contributed by atoms with van der Waals surface area (Å²) in [6, 6.07) is 0. The summed E-state index contributed by atoms with van der Waals surface area (Å²) in [7, 11) is 1.73. The van der Waals surface area contributed by atoms with Gasteiger partial charge in [-0.15, -0.1) is 0 Å². The van der Waals surface area contributed by atoms with Crippen LogP contribution in [0.4, 0.5) is 0 Å². The van der Waals surface area contributed by atoms with Crippen LogP contribution < -0.4 is 0 Å². The molecule has 1 saturated heterocycles. The summed E-state index contributed by atoms with van der Waals surface area (Å²) in [5, 5.41) is 0. The molecule has 0 aliphatic carbocycles. The molecule has 0 bridgehead atoms. The van der Waals surface area contributed by atoms with Crippen LogP contribution in [0.3, 0.4) is 0 Å². The molecule has 0 aromatic carbocycles. The topological polar surface area (TPSA) is 18.5 Å². The highest BCUT2D eigenvalue weighted by molar-refractivity contribution is 14.1. The Kier molecular flexibility index (Phi) is 4.09. The van der Waals surface area contributed by atoms with E-state index in [0.717, 1.165) is 25.6 Å². The molecule has 3 atom stereocenters. The Balaban J connectivity index is 2.28. The number of hydrogen-bond donors (Lipinski definition) is 0. The second-order valence-electron chi connectivity index (χ2n) is 3.14. The summed E-state index contributed by atoms with van der Waals surface area (Å²) in [6.45, 7) is 3.91. The van der Waals surface area contributed by atoms with E-state index in [1.165, 1.54) is 0 Å². The van der Waals surface area contributed by atoms with E-state index in [9.17, 15) is 0 Å². The number of alkyl halides is 1. The Morgan fingerprint density at radius 2 is 2.36 bits per heavy atom. The lowest BCUT2D eigenvalue weighted by molar-refractivity contribution is -0.0389. The van der Waals surface area contributed by atoms with E-state index < -0.39 is 0 Å². The van der Waals surface area contributed by atoms with E-state index in [0.29, 0.717) is 10.0 Å². The van der Waals surface area contributed by atoms with Crippen molar-refractivity contribution in [3.63, 3.8) is 0 Å². The smallest absolute Gasteiger partial charge is 0.0811 e. The third-order valence-corrected chi connectivity index (χ3v) is 3.68. The molecule has 0 aromatic heterocycles. The number of hydrogen-bond acceptors (Lipinski definition) is 2. The normalized spacial score (nSPS) is 39.0. The third kappa shape index (κ3) is 2.87. The van der Waals surface area contributed by atoms with Gasteiger partial charge in [0.25, 0.3) is 0 Å². The fourth-order valence-corrected chi connectivity index (χ4v) is 1.83. The average Bonchev–Trinajstić information content (AvgIpc) is 1.98. The Morgan fingerprint density at radius 1 is 1.64 bits per heavy atom. The molecule has 0 aromatic rings. The highest BCUT2D eigenvalue weighted by atomic mass is 127. The van der Waals surface area contributed by atoms with Crippen molar-refractivity contribution in [2.45, 2.75) is 23.4 Å². The van der Waals surface area contributed by atoms with Crippen LogP contribution in [0.15, 0.2) is 0 Å². The highest BCUT2D eigenvalue weighted by Crippen LogP contribution is 2.25. The number of rotatable bonds is 2. The molecule has 1 fully saturated rings. The van der Waals surface area contributed by atoms with Gasteiger partial charge in [0.2, 0.25) is 0 Å². The molecule has 0 radical (unpaired) electrons. The van der Waals surface area contributed by atoms with Crippen LogP contribution in [0.5, 0.6) is 0 Å². The van der Waals surface area contributed by atoms with Crippen molar-refractivity contribution in [2.75, 3.05) is 20.3 Å². The van der Waals surface area contributed by atoms with Crippen LogP contribution in [-0.4, -0.2) is 30.4 Å². The monoisotopic (exact) mass is 270 g/mol. The highest BCUT2D eigenvalue weighted by Gasteiger charge is 2.25. The van der Waals surface area contributed by atoms with Crippen LogP contribution in [0, 0.1) is 5.92 Å². The molecule has 0 N–H and O–H groups in total. The van der Waals surface area contributed by atoms with Crippen molar-refractivity contribution in [2.24, 2.45) is 5.92 Å². The fraction of sp³-hybridized carbons (Fsp3) is 1.00. The zero-order valence-electron chi connectivity index (χ0n) is 7.05. The SMILES string of the molecule is COCC1C[C@@H](C)C(I)CO1. The molecule has 66 valence electrons. The predicted octanol–water partition coefficient (Wildman–Crippen LogP) is 1.86. The first kappa shape index (κ1) is 9.74. The summed E-state index contributed by atoms with van der Waals surface area (Å²) < 4.78 is 11.3. The second-order valence-corrected chi connectivity index (χ2v) is 4.74. The molecule has 2 nitrogen and oxygen atoms in total. The molecule has 1 aliphatic rings. The van der Waals surface area contributed by atoms with Gasteiger partial charge in [-0.25, -0.2) is 0 Å². The first-order chi connectivity index (χ1) is 5.24. The standard InChI is InChI=1S/C8H15IO2/c1-6-3-7(4-10-2)11-5-8(6)9/h6-8H,3-5H2,1-2H3/t6-,7?,8?/m1/s1. The summed E-state index contributed by atoms with van der Waals surface area (Å²) in [5.74, 6) is 0.768. The Hall–Kier alpha value is 0.650. The van der Waals surface area contributed by atoms with Crippen molar-refractivity contribution in [1.82, 2.24) is 0 Å². The van der Waals surface area contributed by atoms with Crippen LogP contribution >= 0.6 is 22.6 Å². The van der Waals surface area contributed by atoms with E-state index in [1.807, 2.05) is 0 Å². The minimum absolute atomic E-state index is 0.334. The minimum Gasteiger partial charge on any atom is -0.382 e. The second kappa shape index (κ2) is 4.62. The maximum atomic E-state index is 5.57. The molecule has 3 heteroatoms. The maximum absolute atomic E-state index is 5.57. The lowest BCUT2D eigenvalue weighted by atomic mass is 9.98. The summed E-state index contributed by atoms with van der Waals surface area (Å²) in [6.07, 6.45) is 1.47. The van der Waals surface area contributed by atoms with Crippen molar-refractivity contribution in [3.8, 4) is 0 Å². The van der Waals surface area contributed by atoms with Crippen molar-refractivity contribution < 1.29 is 9.47 Å². The lowest BCUT2D eigenvalue weighted by Gasteiger charge is -2.30. The van der Waals surface area contributed by atoms with Gasteiger partial charge in [0.05, 0.1) is 19.3 Å². The molecule has 0 saturated carbocycles. The van der Waals surface area contributed by atoms with Crippen LogP contribution in [-0.2, 0) is 9.47 Å². The molecule has 0 amide bonds. The van der Waals surface area contributed by atoms with Gasteiger partial charge in [0.15, 0.2) is 0 Å². The molecular weight excluding hydrogens is 255 g/mol. The summed E-state index contributed by atoms with van der Waals surface area (Å²) in [5.41, 5.74) is 0. The first-order valence-corrected chi connectivity index (χ1v) is 5.23. The van der Waals surface area contributed by atoms with Gasteiger partial charge in [0.1, 0.15) is 0 Å².